The van der Waals surface area contributed by atoms with Gasteiger partial charge in [-0.05, 0) is 0 Å². The summed E-state index contributed by atoms with van der Waals surface area (Å²) < 4.78 is 9.75. The molecule has 0 aromatic heterocycles. The molecule has 11 heavy (non-hydrogen) atoms. The molecule has 2 bridgehead atoms. The van der Waals surface area contributed by atoms with Crippen molar-refractivity contribution >= 4 is 5.78 Å². The fourth-order valence-electron chi connectivity index (χ4n) is 1.26. The number of Topliss-reactive ketones (excluding diaryl/α,β-unsaturated/α-hetero) is 1. The predicted molar refractivity (Wildman–Crippen MR) is 31.6 cm³/mol. The van der Waals surface area contributed by atoms with Crippen molar-refractivity contribution in [2.45, 2.75) is 24.6 Å². The summed E-state index contributed by atoms with van der Waals surface area (Å²) in [6.07, 6.45) is -3.99. The van der Waals surface area contributed by atoms with E-state index in [2.05, 4.69) is 0 Å². The molecular formula is C6H8O5. The Morgan fingerprint density at radius 2 is 2.18 bits per heavy atom. The fraction of sp³-hybridized carbons (Fsp3) is 0.833. The minimum atomic E-state index is -1.35. The number of hydrogen-bond acceptors (Lipinski definition) is 5. The Morgan fingerprint density at radius 1 is 1.45 bits per heavy atom. The molecule has 2 aliphatic heterocycles. The lowest BCUT2D eigenvalue weighted by Crippen LogP contribution is -2.50. The minimum Gasteiger partial charge on any atom is -0.387 e. The molecule has 5 nitrogen and oxygen atoms in total. The van der Waals surface area contributed by atoms with Gasteiger partial charge in [0.1, 0.15) is 18.3 Å². The summed E-state index contributed by atoms with van der Waals surface area (Å²) in [5.41, 5.74) is 0. The lowest BCUT2D eigenvalue weighted by molar-refractivity contribution is -0.182. The monoisotopic (exact) mass is 160 g/mol. The number of fused-ring (bicyclic) bond motifs is 2. The van der Waals surface area contributed by atoms with Gasteiger partial charge < -0.3 is 19.7 Å². The van der Waals surface area contributed by atoms with E-state index in [1.54, 1.807) is 0 Å². The number of ether oxygens (including phenoxy) is 2. The van der Waals surface area contributed by atoms with Crippen LogP contribution in [-0.4, -0.2) is 47.2 Å². The molecule has 2 aliphatic rings. The molecule has 0 amide bonds. The molecule has 0 aromatic rings. The lowest BCUT2D eigenvalue weighted by atomic mass is 10.0. The first kappa shape index (κ1) is 7.17. The second kappa shape index (κ2) is 2.25. The molecule has 2 fully saturated rings. The zero-order valence-corrected chi connectivity index (χ0v) is 5.64. The first-order chi connectivity index (χ1) is 5.20. The van der Waals surface area contributed by atoms with Crippen LogP contribution >= 0.6 is 0 Å². The first-order valence-electron chi connectivity index (χ1n) is 3.37. The van der Waals surface area contributed by atoms with Crippen LogP contribution < -0.4 is 0 Å². The molecule has 5 heteroatoms. The van der Waals surface area contributed by atoms with E-state index in [-0.39, 0.29) is 6.61 Å². The van der Waals surface area contributed by atoms with Crippen molar-refractivity contribution in [3.05, 3.63) is 0 Å². The van der Waals surface area contributed by atoms with E-state index in [0.29, 0.717) is 0 Å². The van der Waals surface area contributed by atoms with E-state index in [1.807, 2.05) is 0 Å². The summed E-state index contributed by atoms with van der Waals surface area (Å²) in [6.45, 7) is 0.175. The molecule has 0 aliphatic carbocycles. The third-order valence-electron chi connectivity index (χ3n) is 1.94. The van der Waals surface area contributed by atoms with Crippen molar-refractivity contribution in [3.8, 4) is 0 Å². The molecule has 0 spiro atoms. The van der Waals surface area contributed by atoms with E-state index >= 15 is 0 Å². The maximum atomic E-state index is 10.9. The fourth-order valence-corrected chi connectivity index (χ4v) is 1.26. The third-order valence-corrected chi connectivity index (χ3v) is 1.94. The molecule has 4 atom stereocenters. The van der Waals surface area contributed by atoms with Gasteiger partial charge in [-0.25, -0.2) is 0 Å². The summed E-state index contributed by atoms with van der Waals surface area (Å²) in [5, 5.41) is 18.2. The summed E-state index contributed by atoms with van der Waals surface area (Å²) >= 11 is 0. The van der Waals surface area contributed by atoms with Crippen LogP contribution in [0.2, 0.25) is 0 Å². The zero-order chi connectivity index (χ0) is 8.01. The molecule has 0 radical (unpaired) electrons. The second-order valence-corrected chi connectivity index (χ2v) is 2.68. The Kier molecular flexibility index (Phi) is 1.47. The van der Waals surface area contributed by atoms with Crippen LogP contribution in [0.25, 0.3) is 0 Å². The van der Waals surface area contributed by atoms with Crippen molar-refractivity contribution in [1.29, 1.82) is 0 Å². The van der Waals surface area contributed by atoms with Gasteiger partial charge in [0.2, 0.25) is 12.1 Å². The molecule has 0 aromatic carbocycles. The molecular weight excluding hydrogens is 152 g/mol. The highest BCUT2D eigenvalue weighted by Gasteiger charge is 2.48. The van der Waals surface area contributed by atoms with Gasteiger partial charge in [0, 0.05) is 0 Å². The Bertz CT molecular complexity index is 191. The summed E-state index contributed by atoms with van der Waals surface area (Å²) in [7, 11) is 0. The molecule has 2 N–H and O–H groups in total. The van der Waals surface area contributed by atoms with Crippen molar-refractivity contribution < 1.29 is 24.5 Å². The van der Waals surface area contributed by atoms with Crippen molar-refractivity contribution in [2.24, 2.45) is 0 Å². The smallest absolute Gasteiger partial charge is 0.221 e. The van der Waals surface area contributed by atoms with Gasteiger partial charge in [-0.3, -0.25) is 4.79 Å². The Morgan fingerprint density at radius 3 is 2.91 bits per heavy atom. The van der Waals surface area contributed by atoms with Gasteiger partial charge in [0.25, 0.3) is 0 Å². The van der Waals surface area contributed by atoms with Gasteiger partial charge >= 0.3 is 0 Å². The van der Waals surface area contributed by atoms with Gasteiger partial charge in [-0.2, -0.15) is 0 Å². The average molecular weight is 160 g/mol. The van der Waals surface area contributed by atoms with Crippen LogP contribution in [0.15, 0.2) is 0 Å². The summed E-state index contributed by atoms with van der Waals surface area (Å²) in [6, 6.07) is 0. The van der Waals surface area contributed by atoms with Crippen LogP contribution in [0.3, 0.4) is 0 Å². The first-order valence-corrected chi connectivity index (χ1v) is 3.37. The van der Waals surface area contributed by atoms with Gasteiger partial charge in [-0.1, -0.05) is 0 Å². The molecule has 2 heterocycles. The minimum absolute atomic E-state index is 0.175. The standard InChI is InChI=1S/C6H8O5/c7-3-2-1-10-6(11-2)5(9)4(3)8/h2-4,6-8H,1H2/t2-,3+,4-,6-/m1/s1. The SMILES string of the molecule is O=C1[C@@H]2OC[C@@H](O2)[C@H](O)[C@H]1O. The van der Waals surface area contributed by atoms with Gasteiger partial charge in [0.15, 0.2) is 0 Å². The van der Waals surface area contributed by atoms with E-state index in [4.69, 9.17) is 19.7 Å². The van der Waals surface area contributed by atoms with E-state index < -0.39 is 30.4 Å². The van der Waals surface area contributed by atoms with Crippen LogP contribution in [-0.2, 0) is 14.3 Å². The molecule has 2 rings (SSSR count). The molecule has 62 valence electrons. The number of carbonyl (C=O) groups excluding carboxylic acids is 1. The molecule has 0 saturated carbocycles. The van der Waals surface area contributed by atoms with Crippen molar-refractivity contribution in [1.82, 2.24) is 0 Å². The highest BCUT2D eigenvalue weighted by molar-refractivity contribution is 5.87. The van der Waals surface area contributed by atoms with Crippen LogP contribution in [0.5, 0.6) is 0 Å². The van der Waals surface area contributed by atoms with E-state index in [0.717, 1.165) is 0 Å². The lowest BCUT2D eigenvalue weighted by Gasteiger charge is -2.26. The average Bonchev–Trinajstić information content (AvgIpc) is 2.44. The topological polar surface area (TPSA) is 76.0 Å². The highest BCUT2D eigenvalue weighted by Crippen LogP contribution is 2.24. The van der Waals surface area contributed by atoms with Gasteiger partial charge in [0.05, 0.1) is 6.61 Å². The van der Waals surface area contributed by atoms with Crippen LogP contribution in [0.1, 0.15) is 0 Å². The number of aliphatic hydroxyl groups excluding tert-OH is 2. The van der Waals surface area contributed by atoms with Gasteiger partial charge in [-0.15, -0.1) is 0 Å². The summed E-state index contributed by atoms with van der Waals surface area (Å²) in [4.78, 5) is 10.9. The second-order valence-electron chi connectivity index (χ2n) is 2.68. The maximum Gasteiger partial charge on any atom is 0.221 e. The number of carbonyl (C=O) groups is 1. The number of ketones is 1. The van der Waals surface area contributed by atoms with Crippen LogP contribution in [0.4, 0.5) is 0 Å². The highest BCUT2D eigenvalue weighted by atomic mass is 16.7. The largest absolute Gasteiger partial charge is 0.387 e. The predicted octanol–water partition coefficient (Wildman–Crippen LogP) is -1.97. The summed E-state index contributed by atoms with van der Waals surface area (Å²) in [5.74, 6) is -0.591. The van der Waals surface area contributed by atoms with Crippen molar-refractivity contribution in [3.63, 3.8) is 0 Å². The van der Waals surface area contributed by atoms with Crippen LogP contribution in [0, 0.1) is 0 Å². The quantitative estimate of drug-likeness (QED) is 0.430. The van der Waals surface area contributed by atoms with Crippen molar-refractivity contribution in [2.75, 3.05) is 6.61 Å². The Hall–Kier alpha value is -0.490. The molecule has 2 saturated heterocycles. The Balaban J connectivity index is 2.23. The maximum absolute atomic E-state index is 10.9. The Labute approximate surface area is 62.5 Å². The number of hydrogen-bond donors (Lipinski definition) is 2. The number of rotatable bonds is 0. The number of aliphatic hydroxyl groups is 2. The van der Waals surface area contributed by atoms with E-state index in [9.17, 15) is 4.79 Å². The molecule has 0 unspecified atom stereocenters. The van der Waals surface area contributed by atoms with E-state index in [1.165, 1.54) is 0 Å². The third kappa shape index (κ3) is 0.893. The zero-order valence-electron chi connectivity index (χ0n) is 5.64. The normalized spacial score (nSPS) is 49.8.